The standard InChI is InChI=1S/C79H120N24O39S/c1-33(2)62(102-75(137)48(30-106)90-55(112)27-86-65(127)46(28-104)100-64(126)36(80)20-35-24-83-32-87-35)77(139)94-41(17-19-143-4)67(129)88-34(3)63(125)99-49(31-107)74(136)92-38(9-14-57(115)116)70(132)95-42(7-12-51(81)108)78(140)103-18-5-6-50(103)76(138)93-40(11-16-59(119)120)69(131)91-39(10-15-58(117)118)71(133)101-47(29-105)66(128)85-25-53(110)84-26-54(111)89-37(8-13-56(113)114)68(130)96-43(22-60(121)122)72(134)97-44(23-61(123)124)73(135)98-45(79(141)142)21-52(82)109/h24,32-34,36-50,62,104-107H,5-23,25-31,80H2,1-4H3,(H2,81,108)(H2,82,109)(H,83,87)(H,84,110)(H,85,128)(H,86,127)(H,88,129)(H,89,111)(H,90,112)(H,91,131)(H,92,136)(H,93,138)(H,94,139)(H,95,132)(H,96,130)(H,97,134)(H,98,135)(H,99,125)(H,100,126)(H,101,133)(H,102,137)(H,113,114)(H,115,116)(H,117,118)(H,119,120)(H,121,122)(H,123,124)(H,141,142)/t34-,36-,37-,38-,39-,40-,41-,42-,43-,44-,45-,46-,47-,48-,49-,50-,62-/m0/s1. The predicted octanol–water partition coefficient (Wildman–Crippen LogP) is -17.1. The number of carboxylic acid groups (broad SMARTS) is 7. The summed E-state index contributed by atoms with van der Waals surface area (Å²) in [5.74, 6) is -38.9. The summed E-state index contributed by atoms with van der Waals surface area (Å²) < 4.78 is 0. The minimum Gasteiger partial charge on any atom is -0.481 e. The van der Waals surface area contributed by atoms with Crippen LogP contribution in [0.2, 0.25) is 0 Å². The van der Waals surface area contributed by atoms with Gasteiger partial charge >= 0.3 is 41.8 Å². The maximum Gasteiger partial charge on any atom is 0.326 e. The van der Waals surface area contributed by atoms with Gasteiger partial charge in [-0.1, -0.05) is 13.8 Å². The van der Waals surface area contributed by atoms with Gasteiger partial charge in [0.15, 0.2) is 0 Å². The monoisotopic (exact) mass is 2060 g/mol. The number of imidazole rings is 1. The normalized spacial score (nSPS) is 15.3. The Morgan fingerprint density at radius 2 is 0.741 bits per heavy atom. The first-order valence-corrected chi connectivity index (χ1v) is 44.9. The van der Waals surface area contributed by atoms with Gasteiger partial charge in [0, 0.05) is 57.0 Å². The quantitative estimate of drug-likeness (QED) is 0.0288. The fraction of sp³-hybridized carbons (Fsp3) is 0.608. The highest BCUT2D eigenvalue weighted by molar-refractivity contribution is 7.98. The van der Waals surface area contributed by atoms with E-state index in [9.17, 15) is 190 Å². The highest BCUT2D eigenvalue weighted by Crippen LogP contribution is 2.22. The molecule has 0 spiro atoms. The summed E-state index contributed by atoms with van der Waals surface area (Å²) in [6, 6.07) is -31.6. The van der Waals surface area contributed by atoms with Crippen molar-refractivity contribution < 1.29 is 190 Å². The van der Waals surface area contributed by atoms with Crippen molar-refractivity contribution in [1.82, 2.24) is 111 Å². The smallest absolute Gasteiger partial charge is 0.326 e. The molecule has 1 fully saturated rings. The molecule has 17 atom stereocenters. The molecule has 1 aromatic rings. The third-order valence-electron chi connectivity index (χ3n) is 20.5. The van der Waals surface area contributed by atoms with E-state index < -0.39 is 404 Å². The molecular formula is C79H120N24O39S. The van der Waals surface area contributed by atoms with Crippen molar-refractivity contribution >= 4 is 178 Å². The molecule has 796 valence electrons. The van der Waals surface area contributed by atoms with Gasteiger partial charge < -0.3 is 179 Å². The molecule has 0 aliphatic carbocycles. The van der Waals surface area contributed by atoms with Gasteiger partial charge in [-0.2, -0.15) is 11.8 Å². The van der Waals surface area contributed by atoms with E-state index in [0.29, 0.717) is 5.69 Å². The van der Waals surface area contributed by atoms with Crippen molar-refractivity contribution in [2.45, 2.75) is 233 Å². The molecule has 0 aromatic carbocycles. The van der Waals surface area contributed by atoms with E-state index in [1.807, 2.05) is 26.6 Å². The number of rotatable bonds is 69. The van der Waals surface area contributed by atoms with Gasteiger partial charge in [-0.15, -0.1) is 0 Å². The molecule has 64 heteroatoms. The molecule has 36 N–H and O–H groups in total. The van der Waals surface area contributed by atoms with Gasteiger partial charge in [-0.25, -0.2) is 9.78 Å². The van der Waals surface area contributed by atoms with E-state index >= 15 is 0 Å². The van der Waals surface area contributed by atoms with Crippen LogP contribution < -0.4 is 113 Å². The summed E-state index contributed by atoms with van der Waals surface area (Å²) in [6.07, 6.45) is -8.25. The number of carboxylic acids is 7. The van der Waals surface area contributed by atoms with E-state index in [-0.39, 0.29) is 38.0 Å². The number of thioether (sulfide) groups is 1. The molecule has 2 rings (SSSR count). The molecule has 143 heavy (non-hydrogen) atoms. The molecule has 2 heterocycles. The van der Waals surface area contributed by atoms with E-state index in [4.69, 9.17) is 17.2 Å². The first kappa shape index (κ1) is 124. The van der Waals surface area contributed by atoms with Crippen molar-refractivity contribution in [2.75, 3.05) is 64.6 Å². The Bertz CT molecular complexity index is 4740. The summed E-state index contributed by atoms with van der Waals surface area (Å²) in [7, 11) is 0. The Balaban J connectivity index is 2.30. The lowest BCUT2D eigenvalue weighted by atomic mass is 10.0. The number of aromatic amines is 1. The van der Waals surface area contributed by atoms with Crippen LogP contribution in [0.5, 0.6) is 0 Å². The number of nitrogens with one attached hydrogen (secondary N) is 19. The summed E-state index contributed by atoms with van der Waals surface area (Å²) in [5.41, 5.74) is 16.8. The summed E-state index contributed by atoms with van der Waals surface area (Å²) in [6.45, 7) is -4.05. The molecule has 1 aliphatic rings. The molecule has 63 nitrogen and oxygen atoms in total. The Labute approximate surface area is 814 Å². The van der Waals surface area contributed by atoms with Crippen LogP contribution in [0.25, 0.3) is 0 Å². The molecule has 1 aliphatic heterocycles. The first-order chi connectivity index (χ1) is 67.1. The van der Waals surface area contributed by atoms with Crippen molar-refractivity contribution in [3.63, 3.8) is 0 Å². The van der Waals surface area contributed by atoms with Crippen LogP contribution in [0.15, 0.2) is 12.5 Å². The summed E-state index contributed by atoms with van der Waals surface area (Å²) >= 11 is 1.21. The number of nitrogens with zero attached hydrogens (tertiary/aromatic N) is 2. The van der Waals surface area contributed by atoms with Gasteiger partial charge in [0.25, 0.3) is 0 Å². The van der Waals surface area contributed by atoms with Crippen molar-refractivity contribution in [3.8, 4) is 0 Å². The number of aromatic nitrogens is 2. The lowest BCUT2D eigenvalue weighted by molar-refractivity contribution is -0.145. The van der Waals surface area contributed by atoms with Gasteiger partial charge in [0.1, 0.15) is 96.7 Å². The van der Waals surface area contributed by atoms with Gasteiger partial charge in [-0.05, 0) is 76.2 Å². The Morgan fingerprint density at radius 1 is 0.385 bits per heavy atom. The van der Waals surface area contributed by atoms with Gasteiger partial charge in [0.2, 0.25) is 124 Å². The maximum atomic E-state index is 14.6. The molecule has 0 radical (unpaired) electrons. The number of aliphatic hydroxyl groups is 4. The SMILES string of the molecule is CSCC[C@H](NC(=O)[C@@H](NC(=O)[C@H](CO)NC(=O)CNC(=O)[C@H](CO)NC(=O)[C@@H](N)Cc1cnc[nH]1)C(C)C)C(=O)N[C@@H](C)C(=O)N[C@@H](CO)C(=O)N[C@@H](CCC(=O)O)C(=O)N[C@@H](CCC(N)=O)C(=O)N1CCC[C@H]1C(=O)N[C@@H](CCC(=O)O)C(=O)N[C@@H](CCC(=O)O)C(=O)N[C@@H](CO)C(=O)NCC(=O)NCC(=O)N[C@@H](CCC(=O)O)C(=O)N[C@@H](CC(=O)O)C(=O)N[C@@H](CC(=O)O)C(=O)N[C@@H](CC(N)=O)C(=O)O. The van der Waals surface area contributed by atoms with E-state index in [0.717, 1.165) is 11.8 Å². The maximum absolute atomic E-state index is 14.6. The summed E-state index contributed by atoms with van der Waals surface area (Å²) in [4.78, 5) is 371. The van der Waals surface area contributed by atoms with Crippen molar-refractivity contribution in [2.24, 2.45) is 23.1 Å². The lowest BCUT2D eigenvalue weighted by Gasteiger charge is -2.31. The zero-order valence-corrected chi connectivity index (χ0v) is 78.1. The third kappa shape index (κ3) is 46.4. The number of nitrogens with two attached hydrogens (primary N) is 3. The second-order valence-corrected chi connectivity index (χ2v) is 33.1. The van der Waals surface area contributed by atoms with Crippen LogP contribution in [0.4, 0.5) is 0 Å². The van der Waals surface area contributed by atoms with Crippen LogP contribution in [-0.2, 0) is 141 Å². The number of aliphatic hydroxyl groups excluding tert-OH is 4. The number of carbonyl (C=O) groups is 28. The van der Waals surface area contributed by atoms with E-state index in [1.54, 1.807) is 16.9 Å². The molecule has 21 amide bonds. The number of carbonyl (C=O) groups excluding carboxylic acids is 21. The fourth-order valence-electron chi connectivity index (χ4n) is 12.9. The second kappa shape index (κ2) is 63.3. The lowest BCUT2D eigenvalue weighted by Crippen LogP contribution is -2.61. The topological polar surface area (TPSA) is 1030 Å². The highest BCUT2D eigenvalue weighted by Gasteiger charge is 2.43. The minimum absolute atomic E-state index is 0.0221. The largest absolute Gasteiger partial charge is 0.481 e. The number of aliphatic carboxylic acids is 7. The number of hydrogen-bond acceptors (Lipinski definition) is 35. The van der Waals surface area contributed by atoms with E-state index in [1.165, 1.54) is 38.1 Å². The van der Waals surface area contributed by atoms with Crippen molar-refractivity contribution in [1.29, 1.82) is 0 Å². The second-order valence-electron chi connectivity index (χ2n) is 32.1. The number of H-pyrrole nitrogens is 1. The van der Waals surface area contributed by atoms with Crippen LogP contribution >= 0.6 is 11.8 Å². The van der Waals surface area contributed by atoms with Crippen molar-refractivity contribution in [3.05, 3.63) is 18.2 Å². The summed E-state index contributed by atoms with van der Waals surface area (Å²) in [5, 5.41) is 145. The van der Waals surface area contributed by atoms with Gasteiger partial charge in [0.05, 0.1) is 77.7 Å². The van der Waals surface area contributed by atoms with Crippen LogP contribution in [0.1, 0.15) is 129 Å². The first-order valence-electron chi connectivity index (χ1n) is 43.5. The van der Waals surface area contributed by atoms with Crippen LogP contribution in [-0.4, -0.2) is 404 Å². The Morgan fingerprint density at radius 3 is 1.17 bits per heavy atom. The predicted molar refractivity (Wildman–Crippen MR) is 477 cm³/mol. The van der Waals surface area contributed by atoms with E-state index in [2.05, 4.69) is 68.5 Å². The Hall–Kier alpha value is -15.5. The number of hydrogen-bond donors (Lipinski definition) is 33. The molecule has 0 unspecified atom stereocenters. The van der Waals surface area contributed by atoms with Gasteiger partial charge in [-0.3, -0.25) is 129 Å². The van der Waals surface area contributed by atoms with Crippen LogP contribution in [0.3, 0.4) is 0 Å². The Kier molecular flexibility index (Phi) is 54.7. The average molecular weight is 2060 g/mol. The number of likely N-dealkylation sites (tertiary alicyclic amines) is 1. The average Bonchev–Trinajstić information content (AvgIpc) is 1.69. The number of amides is 21. The molecule has 0 bridgehead atoms. The van der Waals surface area contributed by atoms with Crippen LogP contribution in [0, 0.1) is 5.92 Å². The molecule has 0 saturated carbocycles. The third-order valence-corrected chi connectivity index (χ3v) is 21.1. The zero-order chi connectivity index (χ0) is 108. The number of primary amides is 2. The molecule has 1 aromatic heterocycles. The fourth-order valence-corrected chi connectivity index (χ4v) is 13.3. The minimum atomic E-state index is -2.28. The highest BCUT2D eigenvalue weighted by atomic mass is 32.2. The molecular weight excluding hydrogens is 1940 g/mol. The zero-order valence-electron chi connectivity index (χ0n) is 77.3. The molecule has 1 saturated heterocycles.